The Morgan fingerprint density at radius 2 is 2.00 bits per heavy atom. The highest BCUT2D eigenvalue weighted by Gasteiger charge is 2.34. The van der Waals surface area contributed by atoms with Crippen molar-refractivity contribution in [2.24, 2.45) is 0 Å². The molecule has 0 spiro atoms. The molecule has 0 bridgehead atoms. The number of aldehydes is 1. The van der Waals surface area contributed by atoms with Crippen LogP contribution in [0.4, 0.5) is 18.9 Å². The molecule has 0 aliphatic heterocycles. The van der Waals surface area contributed by atoms with E-state index in [1.165, 1.54) is 6.07 Å². The summed E-state index contributed by atoms with van der Waals surface area (Å²) in [5.74, 6) is -0.607. The van der Waals surface area contributed by atoms with E-state index in [-0.39, 0.29) is 11.3 Å². The average Bonchev–Trinajstić information content (AvgIpc) is 2.15. The molecule has 1 aromatic carbocycles. The van der Waals surface area contributed by atoms with Gasteiger partial charge in [0.25, 0.3) is 0 Å². The Kier molecular flexibility index (Phi) is 3.31. The van der Waals surface area contributed by atoms with Crippen molar-refractivity contribution in [3.63, 3.8) is 0 Å². The molecule has 0 aliphatic rings. The first kappa shape index (κ1) is 12.2. The molecule has 0 saturated carbocycles. The van der Waals surface area contributed by atoms with Gasteiger partial charge in [-0.2, -0.15) is 13.2 Å². The number of halogens is 3. The second kappa shape index (κ2) is 4.34. The highest BCUT2D eigenvalue weighted by atomic mass is 19.4. The smallest absolute Gasteiger partial charge is 0.326 e. The van der Waals surface area contributed by atoms with Crippen LogP contribution in [0, 0.1) is 0 Å². The third kappa shape index (κ3) is 2.82. The van der Waals surface area contributed by atoms with Crippen LogP contribution in [-0.2, 0) is 11.0 Å². The van der Waals surface area contributed by atoms with E-state index < -0.39 is 17.6 Å². The molecule has 0 radical (unpaired) electrons. The summed E-state index contributed by atoms with van der Waals surface area (Å²) < 4.78 is 37.6. The van der Waals surface area contributed by atoms with Crippen LogP contribution in [0.15, 0.2) is 18.2 Å². The Morgan fingerprint density at radius 1 is 1.38 bits per heavy atom. The number of benzene rings is 1. The molecule has 0 heterocycles. The molecule has 16 heavy (non-hydrogen) atoms. The van der Waals surface area contributed by atoms with Crippen LogP contribution in [0.2, 0.25) is 0 Å². The summed E-state index contributed by atoms with van der Waals surface area (Å²) in [4.78, 5) is 21.1. The normalized spacial score (nSPS) is 11.0. The van der Waals surface area contributed by atoms with Crippen molar-refractivity contribution in [1.82, 2.24) is 0 Å². The fourth-order valence-corrected chi connectivity index (χ4v) is 1.17. The van der Waals surface area contributed by atoms with E-state index in [0.29, 0.717) is 12.4 Å². The minimum Gasteiger partial charge on any atom is -0.326 e. The standard InChI is InChI=1S/C10H8F3NO2/c1-6(16)14-9-3-2-7(5-15)4-8(9)10(11,12)13/h2-5H,1H3,(H,14,16). The van der Waals surface area contributed by atoms with Crippen LogP contribution in [0.5, 0.6) is 0 Å². The van der Waals surface area contributed by atoms with Crippen LogP contribution >= 0.6 is 0 Å². The van der Waals surface area contributed by atoms with Crippen molar-refractivity contribution in [3.8, 4) is 0 Å². The lowest BCUT2D eigenvalue weighted by Gasteiger charge is -2.13. The molecule has 0 aromatic heterocycles. The summed E-state index contributed by atoms with van der Waals surface area (Å²) in [6, 6.07) is 2.94. The first-order valence-electron chi connectivity index (χ1n) is 4.28. The summed E-state index contributed by atoms with van der Waals surface area (Å²) in [6.45, 7) is 1.10. The van der Waals surface area contributed by atoms with Crippen molar-refractivity contribution >= 4 is 17.9 Å². The van der Waals surface area contributed by atoms with Crippen LogP contribution < -0.4 is 5.32 Å². The van der Waals surface area contributed by atoms with Crippen molar-refractivity contribution in [2.45, 2.75) is 13.1 Å². The van der Waals surface area contributed by atoms with Gasteiger partial charge in [-0.25, -0.2) is 0 Å². The van der Waals surface area contributed by atoms with Gasteiger partial charge in [0.2, 0.25) is 5.91 Å². The summed E-state index contributed by atoms with van der Waals surface area (Å²) in [7, 11) is 0. The average molecular weight is 231 g/mol. The number of carbonyl (C=O) groups is 2. The number of rotatable bonds is 2. The zero-order valence-electron chi connectivity index (χ0n) is 8.26. The Labute approximate surface area is 89.3 Å². The first-order valence-corrected chi connectivity index (χ1v) is 4.28. The Morgan fingerprint density at radius 3 is 2.44 bits per heavy atom. The van der Waals surface area contributed by atoms with Crippen molar-refractivity contribution in [1.29, 1.82) is 0 Å². The number of carbonyl (C=O) groups excluding carboxylic acids is 2. The monoisotopic (exact) mass is 231 g/mol. The minimum atomic E-state index is -4.61. The van der Waals surface area contributed by atoms with E-state index in [9.17, 15) is 22.8 Å². The predicted molar refractivity (Wildman–Crippen MR) is 51.1 cm³/mol. The molecule has 1 aromatic rings. The van der Waals surface area contributed by atoms with Crippen molar-refractivity contribution < 1.29 is 22.8 Å². The van der Waals surface area contributed by atoms with Crippen molar-refractivity contribution in [2.75, 3.05) is 5.32 Å². The van der Waals surface area contributed by atoms with Crippen LogP contribution in [-0.4, -0.2) is 12.2 Å². The number of hydrogen-bond acceptors (Lipinski definition) is 2. The number of hydrogen-bond donors (Lipinski definition) is 1. The molecular weight excluding hydrogens is 223 g/mol. The molecule has 1 N–H and O–H groups in total. The molecule has 0 unspecified atom stereocenters. The van der Waals surface area contributed by atoms with E-state index in [1.807, 2.05) is 0 Å². The maximum atomic E-state index is 12.5. The zero-order valence-corrected chi connectivity index (χ0v) is 8.26. The lowest BCUT2D eigenvalue weighted by atomic mass is 10.1. The maximum Gasteiger partial charge on any atom is 0.418 e. The quantitative estimate of drug-likeness (QED) is 0.795. The number of alkyl halides is 3. The Hall–Kier alpha value is -1.85. The molecule has 1 rings (SSSR count). The molecule has 0 saturated heterocycles. The highest BCUT2D eigenvalue weighted by Crippen LogP contribution is 2.35. The SMILES string of the molecule is CC(=O)Nc1ccc(C=O)cc1C(F)(F)F. The second-order valence-corrected chi connectivity index (χ2v) is 3.10. The maximum absolute atomic E-state index is 12.5. The van der Waals surface area contributed by atoms with Crippen LogP contribution in [0.25, 0.3) is 0 Å². The third-order valence-electron chi connectivity index (χ3n) is 1.80. The largest absolute Gasteiger partial charge is 0.418 e. The molecule has 1 amide bonds. The number of anilines is 1. The van der Waals surface area contributed by atoms with E-state index in [1.54, 1.807) is 0 Å². The molecule has 3 nitrogen and oxygen atoms in total. The molecule has 6 heteroatoms. The molecule has 0 atom stereocenters. The van der Waals surface area contributed by atoms with Gasteiger partial charge in [-0.1, -0.05) is 0 Å². The van der Waals surface area contributed by atoms with E-state index in [2.05, 4.69) is 5.32 Å². The molecular formula is C10H8F3NO2. The predicted octanol–water partition coefficient (Wildman–Crippen LogP) is 2.48. The third-order valence-corrected chi connectivity index (χ3v) is 1.80. The zero-order chi connectivity index (χ0) is 12.3. The summed E-state index contributed by atoms with van der Waals surface area (Å²) in [5.41, 5.74) is -1.49. The summed E-state index contributed by atoms with van der Waals surface area (Å²) >= 11 is 0. The van der Waals surface area contributed by atoms with Crippen LogP contribution in [0.3, 0.4) is 0 Å². The van der Waals surface area contributed by atoms with Gasteiger partial charge in [0, 0.05) is 12.5 Å². The fourth-order valence-electron chi connectivity index (χ4n) is 1.17. The number of amides is 1. The van der Waals surface area contributed by atoms with E-state index in [4.69, 9.17) is 0 Å². The van der Waals surface area contributed by atoms with Gasteiger partial charge >= 0.3 is 6.18 Å². The molecule has 86 valence electrons. The molecule has 0 aliphatic carbocycles. The Bertz CT molecular complexity index is 427. The summed E-state index contributed by atoms with van der Waals surface area (Å²) in [6.07, 6.45) is -4.30. The van der Waals surface area contributed by atoms with E-state index >= 15 is 0 Å². The van der Waals surface area contributed by atoms with Gasteiger partial charge in [0.15, 0.2) is 0 Å². The Balaban J connectivity index is 3.27. The van der Waals surface area contributed by atoms with Gasteiger partial charge in [0.1, 0.15) is 6.29 Å². The first-order chi connectivity index (χ1) is 7.34. The summed E-state index contributed by atoms with van der Waals surface area (Å²) in [5, 5.41) is 2.06. The lowest BCUT2D eigenvalue weighted by Crippen LogP contribution is -2.14. The van der Waals surface area contributed by atoms with E-state index in [0.717, 1.165) is 13.0 Å². The molecule has 0 fully saturated rings. The topological polar surface area (TPSA) is 46.2 Å². The van der Waals surface area contributed by atoms with Gasteiger partial charge in [0.05, 0.1) is 11.3 Å². The minimum absolute atomic E-state index is 0.0959. The highest BCUT2D eigenvalue weighted by molar-refractivity contribution is 5.90. The van der Waals surface area contributed by atoms with Gasteiger partial charge in [-0.15, -0.1) is 0 Å². The van der Waals surface area contributed by atoms with Crippen LogP contribution in [0.1, 0.15) is 22.8 Å². The fraction of sp³-hybridized carbons (Fsp3) is 0.200. The number of nitrogens with one attached hydrogen (secondary N) is 1. The van der Waals surface area contributed by atoms with Gasteiger partial charge in [-0.3, -0.25) is 9.59 Å². The van der Waals surface area contributed by atoms with Gasteiger partial charge in [-0.05, 0) is 18.2 Å². The lowest BCUT2D eigenvalue weighted by molar-refractivity contribution is -0.137. The van der Waals surface area contributed by atoms with Crippen molar-refractivity contribution in [3.05, 3.63) is 29.3 Å². The van der Waals surface area contributed by atoms with Gasteiger partial charge < -0.3 is 5.32 Å². The second-order valence-electron chi connectivity index (χ2n) is 3.10.